The molecule has 0 aliphatic rings. The van der Waals surface area contributed by atoms with Crippen LogP contribution in [0.25, 0.3) is 0 Å². The zero-order valence-corrected chi connectivity index (χ0v) is 13.0. The van der Waals surface area contributed by atoms with Crippen LogP contribution in [0, 0.1) is 5.41 Å². The lowest BCUT2D eigenvalue weighted by Crippen LogP contribution is -2.31. The van der Waals surface area contributed by atoms with E-state index in [4.69, 9.17) is 9.47 Å². The van der Waals surface area contributed by atoms with Gasteiger partial charge in [-0.1, -0.05) is 65.5 Å². The fourth-order valence-electron chi connectivity index (χ4n) is 2.43. The molecule has 0 fully saturated rings. The standard InChI is InChI=1S/C17H32O2/c1-5-9-11-13-17(15-18-7-3,16-19-8-4)14-12-10-6-2/h7-8H,3-6,9-16H2,1-2H3. The Labute approximate surface area is 119 Å². The Hall–Kier alpha value is -0.920. The maximum absolute atomic E-state index is 5.51. The van der Waals surface area contributed by atoms with Gasteiger partial charge in [0.1, 0.15) is 0 Å². The molecule has 112 valence electrons. The summed E-state index contributed by atoms with van der Waals surface area (Å²) in [4.78, 5) is 0. The molecule has 0 saturated heterocycles. The monoisotopic (exact) mass is 268 g/mol. The molecule has 0 saturated carbocycles. The first-order valence-electron chi connectivity index (χ1n) is 7.69. The highest BCUT2D eigenvalue weighted by atomic mass is 16.5. The van der Waals surface area contributed by atoms with E-state index in [-0.39, 0.29) is 5.41 Å². The molecule has 2 heteroatoms. The molecule has 0 N–H and O–H groups in total. The quantitative estimate of drug-likeness (QED) is 0.308. The van der Waals surface area contributed by atoms with E-state index < -0.39 is 0 Å². The predicted molar refractivity (Wildman–Crippen MR) is 83.0 cm³/mol. The minimum atomic E-state index is 0.118. The lowest BCUT2D eigenvalue weighted by atomic mass is 9.79. The van der Waals surface area contributed by atoms with Crippen LogP contribution in [0.15, 0.2) is 25.7 Å². The number of rotatable bonds is 14. The van der Waals surface area contributed by atoms with Crippen molar-refractivity contribution < 1.29 is 9.47 Å². The van der Waals surface area contributed by atoms with Crippen LogP contribution in [0.2, 0.25) is 0 Å². The fraction of sp³-hybridized carbons (Fsp3) is 0.765. The number of hydrogen-bond donors (Lipinski definition) is 0. The third-order valence-corrected chi connectivity index (χ3v) is 3.64. The number of hydrogen-bond acceptors (Lipinski definition) is 2. The van der Waals surface area contributed by atoms with Gasteiger partial charge >= 0.3 is 0 Å². The van der Waals surface area contributed by atoms with Gasteiger partial charge < -0.3 is 9.47 Å². The van der Waals surface area contributed by atoms with Crippen molar-refractivity contribution in [3.63, 3.8) is 0 Å². The van der Waals surface area contributed by atoms with Gasteiger partial charge in [0.2, 0.25) is 0 Å². The molecule has 0 amide bonds. The molecule has 0 aliphatic heterocycles. The van der Waals surface area contributed by atoms with E-state index in [0.29, 0.717) is 13.2 Å². The number of unbranched alkanes of at least 4 members (excludes halogenated alkanes) is 4. The van der Waals surface area contributed by atoms with E-state index in [9.17, 15) is 0 Å². The van der Waals surface area contributed by atoms with Crippen LogP contribution in [-0.2, 0) is 9.47 Å². The Bertz CT molecular complexity index is 199. The third-order valence-electron chi connectivity index (χ3n) is 3.64. The lowest BCUT2D eigenvalue weighted by molar-refractivity contribution is 0.0215. The van der Waals surface area contributed by atoms with Gasteiger partial charge in [0.05, 0.1) is 25.7 Å². The van der Waals surface area contributed by atoms with Gasteiger partial charge in [-0.25, -0.2) is 0 Å². The van der Waals surface area contributed by atoms with Crippen molar-refractivity contribution in [2.75, 3.05) is 13.2 Å². The summed E-state index contributed by atoms with van der Waals surface area (Å²) < 4.78 is 11.0. The highest BCUT2D eigenvalue weighted by molar-refractivity contribution is 4.81. The smallest absolute Gasteiger partial charge is 0.0961 e. The first kappa shape index (κ1) is 18.1. The van der Waals surface area contributed by atoms with Gasteiger partial charge in [0.25, 0.3) is 0 Å². The van der Waals surface area contributed by atoms with Gasteiger partial charge in [-0.05, 0) is 12.8 Å². The van der Waals surface area contributed by atoms with Gasteiger partial charge in [0.15, 0.2) is 0 Å². The molecule has 0 heterocycles. The molecule has 0 atom stereocenters. The summed E-state index contributed by atoms with van der Waals surface area (Å²) in [7, 11) is 0. The van der Waals surface area contributed by atoms with Crippen molar-refractivity contribution in [2.45, 2.75) is 65.2 Å². The minimum Gasteiger partial charge on any atom is -0.501 e. The van der Waals surface area contributed by atoms with E-state index in [1.54, 1.807) is 12.5 Å². The lowest BCUT2D eigenvalue weighted by Gasteiger charge is -2.32. The summed E-state index contributed by atoms with van der Waals surface area (Å²) in [5.41, 5.74) is 0.118. The first-order chi connectivity index (χ1) is 9.24. The van der Waals surface area contributed by atoms with Crippen molar-refractivity contribution >= 4 is 0 Å². The van der Waals surface area contributed by atoms with Crippen LogP contribution in [0.5, 0.6) is 0 Å². The molecule has 2 nitrogen and oxygen atoms in total. The first-order valence-corrected chi connectivity index (χ1v) is 7.69. The van der Waals surface area contributed by atoms with Crippen molar-refractivity contribution in [1.29, 1.82) is 0 Å². The predicted octanol–water partition coefficient (Wildman–Crippen LogP) is 5.45. The molecule has 0 aromatic heterocycles. The summed E-state index contributed by atoms with van der Waals surface area (Å²) >= 11 is 0. The van der Waals surface area contributed by atoms with Crippen LogP contribution in [0.3, 0.4) is 0 Å². The van der Waals surface area contributed by atoms with E-state index >= 15 is 0 Å². The van der Waals surface area contributed by atoms with Crippen LogP contribution in [0.1, 0.15) is 65.2 Å². The minimum absolute atomic E-state index is 0.118. The SMILES string of the molecule is C=COCC(CCCCC)(CCCCC)COC=C. The Morgan fingerprint density at radius 1 is 0.789 bits per heavy atom. The summed E-state index contributed by atoms with van der Waals surface area (Å²) in [6.07, 6.45) is 12.9. The zero-order chi connectivity index (χ0) is 14.4. The molecule has 0 aliphatic carbocycles. The van der Waals surface area contributed by atoms with Crippen LogP contribution in [0.4, 0.5) is 0 Å². The average Bonchev–Trinajstić information content (AvgIpc) is 2.43. The highest BCUT2D eigenvalue weighted by Crippen LogP contribution is 2.33. The van der Waals surface area contributed by atoms with E-state index in [1.807, 2.05) is 0 Å². The molecular formula is C17H32O2. The van der Waals surface area contributed by atoms with E-state index in [1.165, 1.54) is 38.5 Å². The molecular weight excluding hydrogens is 236 g/mol. The average molecular weight is 268 g/mol. The Kier molecular flexibility index (Phi) is 11.5. The van der Waals surface area contributed by atoms with E-state index in [2.05, 4.69) is 27.0 Å². The topological polar surface area (TPSA) is 18.5 Å². The van der Waals surface area contributed by atoms with Gasteiger partial charge in [-0.2, -0.15) is 0 Å². The van der Waals surface area contributed by atoms with Crippen LogP contribution in [-0.4, -0.2) is 13.2 Å². The summed E-state index contributed by atoms with van der Waals surface area (Å²) in [6, 6.07) is 0. The molecule has 0 rings (SSSR count). The largest absolute Gasteiger partial charge is 0.501 e. The van der Waals surface area contributed by atoms with Crippen molar-refractivity contribution in [1.82, 2.24) is 0 Å². The number of ether oxygens (including phenoxy) is 2. The Balaban J connectivity index is 4.52. The second kappa shape index (κ2) is 12.1. The van der Waals surface area contributed by atoms with Crippen LogP contribution >= 0.6 is 0 Å². The maximum Gasteiger partial charge on any atom is 0.0961 e. The van der Waals surface area contributed by atoms with Gasteiger partial charge in [0, 0.05) is 5.41 Å². The normalized spacial score (nSPS) is 11.1. The van der Waals surface area contributed by atoms with Crippen molar-refractivity contribution in [3.05, 3.63) is 25.7 Å². The summed E-state index contributed by atoms with van der Waals surface area (Å²) in [5.74, 6) is 0. The Morgan fingerprint density at radius 3 is 1.53 bits per heavy atom. The Morgan fingerprint density at radius 2 is 1.21 bits per heavy atom. The molecule has 0 aromatic rings. The molecule has 0 aromatic carbocycles. The highest BCUT2D eigenvalue weighted by Gasteiger charge is 2.30. The van der Waals surface area contributed by atoms with Crippen molar-refractivity contribution in [2.24, 2.45) is 5.41 Å². The zero-order valence-electron chi connectivity index (χ0n) is 13.0. The summed E-state index contributed by atoms with van der Waals surface area (Å²) in [5, 5.41) is 0. The van der Waals surface area contributed by atoms with Gasteiger partial charge in [-0.3, -0.25) is 0 Å². The van der Waals surface area contributed by atoms with Crippen LogP contribution < -0.4 is 0 Å². The maximum atomic E-state index is 5.51. The second-order valence-electron chi connectivity index (χ2n) is 5.37. The molecule has 0 unspecified atom stereocenters. The third kappa shape index (κ3) is 8.74. The second-order valence-corrected chi connectivity index (χ2v) is 5.37. The molecule has 0 radical (unpaired) electrons. The fourth-order valence-corrected chi connectivity index (χ4v) is 2.43. The molecule has 0 bridgehead atoms. The molecule has 0 spiro atoms. The molecule has 19 heavy (non-hydrogen) atoms. The van der Waals surface area contributed by atoms with Gasteiger partial charge in [-0.15, -0.1) is 0 Å². The summed E-state index contributed by atoms with van der Waals surface area (Å²) in [6.45, 7) is 13.2. The van der Waals surface area contributed by atoms with Crippen molar-refractivity contribution in [3.8, 4) is 0 Å². The van der Waals surface area contributed by atoms with E-state index in [0.717, 1.165) is 12.8 Å².